The summed E-state index contributed by atoms with van der Waals surface area (Å²) in [6.45, 7) is 12.2. The molecule has 2 rings (SSSR count). The van der Waals surface area contributed by atoms with Crippen LogP contribution in [-0.2, 0) is 19.1 Å². The van der Waals surface area contributed by atoms with Gasteiger partial charge in [0.2, 0.25) is 0 Å². The maximum absolute atomic E-state index is 11.6. The molecule has 0 aromatic heterocycles. The zero-order valence-corrected chi connectivity index (χ0v) is 16.8. The number of ether oxygens (including phenoxy) is 2. The number of methoxy groups -OCH3 is 2. The van der Waals surface area contributed by atoms with Crippen molar-refractivity contribution >= 4 is 11.9 Å². The van der Waals surface area contributed by atoms with Gasteiger partial charge in [-0.05, 0) is 64.3 Å². The Morgan fingerprint density at radius 1 is 1.04 bits per heavy atom. The lowest BCUT2D eigenvalue weighted by Crippen LogP contribution is -2.49. The van der Waals surface area contributed by atoms with E-state index in [9.17, 15) is 9.59 Å². The first-order chi connectivity index (χ1) is 12.3. The summed E-state index contributed by atoms with van der Waals surface area (Å²) in [4.78, 5) is 23.1. The van der Waals surface area contributed by atoms with Crippen molar-refractivity contribution in [1.82, 2.24) is 5.32 Å². The van der Waals surface area contributed by atoms with E-state index in [1.165, 1.54) is 14.2 Å². The van der Waals surface area contributed by atoms with Crippen molar-refractivity contribution in [3.05, 3.63) is 25.3 Å². The molecule has 2 aliphatic rings. The minimum absolute atomic E-state index is 0.0585. The van der Waals surface area contributed by atoms with E-state index in [2.05, 4.69) is 18.5 Å². The summed E-state index contributed by atoms with van der Waals surface area (Å²) in [5.74, 6) is 0.517. The van der Waals surface area contributed by atoms with Crippen molar-refractivity contribution in [3.8, 4) is 0 Å². The number of esters is 2. The summed E-state index contributed by atoms with van der Waals surface area (Å²) < 4.78 is 9.62. The third-order valence-electron chi connectivity index (χ3n) is 6.11. The van der Waals surface area contributed by atoms with Gasteiger partial charge in [0, 0.05) is 0 Å². The van der Waals surface area contributed by atoms with Crippen molar-refractivity contribution in [1.29, 1.82) is 0 Å². The van der Waals surface area contributed by atoms with Gasteiger partial charge in [-0.2, -0.15) is 0 Å². The fourth-order valence-corrected chi connectivity index (χ4v) is 4.26. The van der Waals surface area contributed by atoms with Crippen LogP contribution in [0, 0.1) is 17.3 Å². The van der Waals surface area contributed by atoms with Crippen LogP contribution in [-0.4, -0.2) is 38.2 Å². The zero-order valence-electron chi connectivity index (χ0n) is 16.8. The Labute approximate surface area is 158 Å². The summed E-state index contributed by atoms with van der Waals surface area (Å²) in [5, 5.41) is 3.20. The van der Waals surface area contributed by atoms with Crippen LogP contribution >= 0.6 is 0 Å². The Balaban J connectivity index is 0.000000260. The Hall–Kier alpha value is -1.62. The summed E-state index contributed by atoms with van der Waals surface area (Å²) in [6, 6.07) is 0. The maximum atomic E-state index is 11.6. The Kier molecular flexibility index (Phi) is 8.54. The van der Waals surface area contributed by atoms with Crippen LogP contribution in [0.5, 0.6) is 0 Å². The second kappa shape index (κ2) is 9.91. The summed E-state index contributed by atoms with van der Waals surface area (Å²) in [7, 11) is 2.90. The number of carbonyl (C=O) groups is 2. The fourth-order valence-electron chi connectivity index (χ4n) is 4.26. The maximum Gasteiger partial charge on any atom is 0.326 e. The highest BCUT2D eigenvalue weighted by Crippen LogP contribution is 2.45. The van der Waals surface area contributed by atoms with Gasteiger partial charge >= 0.3 is 11.9 Å². The van der Waals surface area contributed by atoms with Crippen molar-refractivity contribution < 1.29 is 19.1 Å². The second-order valence-corrected chi connectivity index (χ2v) is 7.65. The van der Waals surface area contributed by atoms with E-state index >= 15 is 0 Å². The molecule has 5 heteroatoms. The highest BCUT2D eigenvalue weighted by atomic mass is 16.5. The average molecular weight is 366 g/mol. The molecule has 1 saturated heterocycles. The number of rotatable bonds is 6. The predicted octanol–water partition coefficient (Wildman–Crippen LogP) is 3.65. The Morgan fingerprint density at radius 3 is 2.15 bits per heavy atom. The van der Waals surface area contributed by atoms with E-state index < -0.39 is 5.54 Å². The molecule has 4 atom stereocenters. The molecule has 2 fully saturated rings. The van der Waals surface area contributed by atoms with Gasteiger partial charge in [0.25, 0.3) is 0 Å². The van der Waals surface area contributed by atoms with Crippen molar-refractivity contribution in [2.45, 2.75) is 57.9 Å². The van der Waals surface area contributed by atoms with Crippen LogP contribution in [0.3, 0.4) is 0 Å². The Bertz CT molecular complexity index is 472. The summed E-state index contributed by atoms with van der Waals surface area (Å²) in [5.41, 5.74) is -0.772. The molecule has 0 radical (unpaired) electrons. The zero-order chi connectivity index (χ0) is 19.8. The van der Waals surface area contributed by atoms with Crippen molar-refractivity contribution in [3.63, 3.8) is 0 Å². The quantitative estimate of drug-likeness (QED) is 0.575. The van der Waals surface area contributed by atoms with E-state index in [0.29, 0.717) is 11.8 Å². The summed E-state index contributed by atoms with van der Waals surface area (Å²) >= 11 is 0. The molecule has 4 unspecified atom stereocenters. The third kappa shape index (κ3) is 4.76. The molecule has 5 nitrogen and oxygen atoms in total. The Morgan fingerprint density at radius 2 is 1.62 bits per heavy atom. The first-order valence-corrected chi connectivity index (χ1v) is 9.43. The predicted molar refractivity (Wildman–Crippen MR) is 104 cm³/mol. The van der Waals surface area contributed by atoms with Gasteiger partial charge in [-0.15, -0.1) is 13.2 Å². The van der Waals surface area contributed by atoms with Crippen LogP contribution in [0.25, 0.3) is 0 Å². The molecule has 1 aliphatic heterocycles. The SMILES string of the molecule is C=CCC1CCCC1(C)C(=O)OC.C=CCC1CCNC1(C)C(=O)OC. The normalized spacial score (nSPS) is 32.9. The number of nitrogens with one attached hydrogen (secondary N) is 1. The number of allylic oxidation sites excluding steroid dienone is 2. The molecule has 1 heterocycles. The molecule has 26 heavy (non-hydrogen) atoms. The molecule has 0 aromatic carbocycles. The van der Waals surface area contributed by atoms with Crippen LogP contribution < -0.4 is 5.32 Å². The topological polar surface area (TPSA) is 64.6 Å². The monoisotopic (exact) mass is 365 g/mol. The van der Waals surface area contributed by atoms with Gasteiger partial charge < -0.3 is 14.8 Å². The number of hydrogen-bond acceptors (Lipinski definition) is 5. The third-order valence-corrected chi connectivity index (χ3v) is 6.11. The standard InChI is InChI=1S/C11H18O2.C10H17NO2/c1-4-6-9-7-5-8-11(9,2)10(12)13-3;1-4-5-8-6-7-11-10(8,2)9(12)13-3/h4,9H,1,5-8H2,2-3H3;4,8,11H,1,5-7H2,2-3H3. The minimum Gasteiger partial charge on any atom is -0.469 e. The minimum atomic E-state index is -0.511. The number of hydrogen-bond donors (Lipinski definition) is 1. The average Bonchev–Trinajstić information content (AvgIpc) is 3.20. The molecule has 1 aliphatic carbocycles. The first-order valence-electron chi connectivity index (χ1n) is 9.43. The van der Waals surface area contributed by atoms with E-state index in [0.717, 1.165) is 45.1 Å². The molecule has 0 bridgehead atoms. The largest absolute Gasteiger partial charge is 0.469 e. The van der Waals surface area contributed by atoms with E-state index in [1.54, 1.807) is 0 Å². The number of carbonyl (C=O) groups excluding carboxylic acids is 2. The molecule has 0 aromatic rings. The summed E-state index contributed by atoms with van der Waals surface area (Å²) in [6.07, 6.45) is 9.76. The second-order valence-electron chi connectivity index (χ2n) is 7.65. The molecule has 0 spiro atoms. The highest BCUT2D eigenvalue weighted by molar-refractivity contribution is 5.81. The molecule has 1 saturated carbocycles. The lowest BCUT2D eigenvalue weighted by Gasteiger charge is -2.27. The van der Waals surface area contributed by atoms with Crippen LogP contribution in [0.15, 0.2) is 25.3 Å². The van der Waals surface area contributed by atoms with Gasteiger partial charge in [0.1, 0.15) is 5.54 Å². The first kappa shape index (κ1) is 22.4. The molecule has 1 N–H and O–H groups in total. The van der Waals surface area contributed by atoms with E-state index in [4.69, 9.17) is 9.47 Å². The van der Waals surface area contributed by atoms with Crippen molar-refractivity contribution in [2.75, 3.05) is 20.8 Å². The lowest BCUT2D eigenvalue weighted by molar-refractivity contribution is -0.154. The van der Waals surface area contributed by atoms with E-state index in [1.807, 2.05) is 26.0 Å². The highest BCUT2D eigenvalue weighted by Gasteiger charge is 2.45. The smallest absolute Gasteiger partial charge is 0.326 e. The molecule has 148 valence electrons. The van der Waals surface area contributed by atoms with Gasteiger partial charge in [-0.3, -0.25) is 9.59 Å². The molecule has 0 amide bonds. The van der Waals surface area contributed by atoms with Gasteiger partial charge in [-0.25, -0.2) is 0 Å². The fraction of sp³-hybridized carbons (Fsp3) is 0.714. The van der Waals surface area contributed by atoms with Crippen molar-refractivity contribution in [2.24, 2.45) is 17.3 Å². The lowest BCUT2D eigenvalue weighted by atomic mass is 9.78. The molecular formula is C21H35NO4. The molecular weight excluding hydrogens is 330 g/mol. The van der Waals surface area contributed by atoms with Gasteiger partial charge in [0.05, 0.1) is 19.6 Å². The van der Waals surface area contributed by atoms with Gasteiger partial charge in [-0.1, -0.05) is 18.6 Å². The van der Waals surface area contributed by atoms with Crippen LogP contribution in [0.4, 0.5) is 0 Å². The van der Waals surface area contributed by atoms with Gasteiger partial charge in [0.15, 0.2) is 0 Å². The van der Waals surface area contributed by atoms with Crippen LogP contribution in [0.2, 0.25) is 0 Å². The van der Waals surface area contributed by atoms with E-state index in [-0.39, 0.29) is 17.4 Å². The van der Waals surface area contributed by atoms with Crippen LogP contribution in [0.1, 0.15) is 52.4 Å².